The molecule has 2 aliphatic heterocycles. The number of carbonyl (C=O) groups excluding carboxylic acids is 1. The fourth-order valence-electron chi connectivity index (χ4n) is 3.21. The van der Waals surface area contributed by atoms with Gasteiger partial charge in [0.15, 0.2) is 14.6 Å². The maximum atomic E-state index is 12.7. The second-order valence-corrected chi connectivity index (χ2v) is 8.16. The predicted octanol–water partition coefficient (Wildman–Crippen LogP) is 0.833. The Kier molecular flexibility index (Phi) is 5.87. The van der Waals surface area contributed by atoms with Crippen LogP contribution in [0.5, 0.6) is 0 Å². The Balaban J connectivity index is 0.00000200. The van der Waals surface area contributed by atoms with E-state index in [2.05, 4.69) is 12.2 Å². The molecule has 5 nitrogen and oxygen atoms in total. The zero-order valence-electron chi connectivity index (χ0n) is 12.2. The first kappa shape index (κ1) is 17.7. The maximum Gasteiger partial charge on any atom is 0.244 e. The molecule has 1 atom stereocenters. The van der Waals surface area contributed by atoms with Crippen molar-refractivity contribution in [1.82, 2.24) is 10.2 Å². The highest BCUT2D eigenvalue weighted by atomic mass is 35.5. The summed E-state index contributed by atoms with van der Waals surface area (Å²) in [4.78, 5) is 14.5. The topological polar surface area (TPSA) is 66.5 Å². The zero-order chi connectivity index (χ0) is 14.1. The lowest BCUT2D eigenvalue weighted by Gasteiger charge is -2.37. The number of hydrogen-bond acceptors (Lipinski definition) is 4. The Morgan fingerprint density at radius 2 is 1.95 bits per heavy atom. The fourth-order valence-corrected chi connectivity index (χ4v) is 4.60. The van der Waals surface area contributed by atoms with Gasteiger partial charge in [-0.25, -0.2) is 8.42 Å². The first-order valence-corrected chi connectivity index (χ1v) is 8.99. The largest absolute Gasteiger partial charge is 0.341 e. The molecule has 0 aromatic rings. The van der Waals surface area contributed by atoms with Crippen molar-refractivity contribution in [3.05, 3.63) is 0 Å². The summed E-state index contributed by atoms with van der Waals surface area (Å²) in [7, 11) is -3.38. The lowest BCUT2D eigenvalue weighted by molar-refractivity contribution is -0.133. The summed E-state index contributed by atoms with van der Waals surface area (Å²) in [5.74, 6) is 0.370. The van der Waals surface area contributed by atoms with Gasteiger partial charge in [-0.3, -0.25) is 4.79 Å². The van der Waals surface area contributed by atoms with Crippen molar-refractivity contribution in [3.8, 4) is 0 Å². The van der Waals surface area contributed by atoms with Crippen molar-refractivity contribution >= 4 is 28.2 Å². The number of likely N-dealkylation sites (tertiary alicyclic amines) is 1. The highest BCUT2D eigenvalue weighted by Gasteiger charge is 2.51. The summed E-state index contributed by atoms with van der Waals surface area (Å²) in [5, 5.41) is 3.14. The molecular formula is C13H25ClN2O3S. The number of piperidine rings is 1. The van der Waals surface area contributed by atoms with Crippen molar-refractivity contribution in [1.29, 1.82) is 0 Å². The van der Waals surface area contributed by atoms with E-state index in [9.17, 15) is 13.2 Å². The van der Waals surface area contributed by atoms with Crippen LogP contribution in [0.15, 0.2) is 0 Å². The molecule has 0 spiro atoms. The minimum Gasteiger partial charge on any atom is -0.341 e. The van der Waals surface area contributed by atoms with Crippen LogP contribution in [0.25, 0.3) is 0 Å². The van der Waals surface area contributed by atoms with Crippen LogP contribution in [0.2, 0.25) is 0 Å². The third-order valence-electron chi connectivity index (χ3n) is 4.66. The van der Waals surface area contributed by atoms with Crippen LogP contribution in [-0.2, 0) is 14.6 Å². The predicted molar refractivity (Wildman–Crippen MR) is 81.9 cm³/mol. The molecule has 0 bridgehead atoms. The van der Waals surface area contributed by atoms with E-state index in [1.54, 1.807) is 4.90 Å². The zero-order valence-corrected chi connectivity index (χ0v) is 13.9. The van der Waals surface area contributed by atoms with E-state index >= 15 is 0 Å². The van der Waals surface area contributed by atoms with E-state index in [1.165, 1.54) is 6.26 Å². The molecule has 2 fully saturated rings. The van der Waals surface area contributed by atoms with Crippen LogP contribution in [-0.4, -0.2) is 56.4 Å². The monoisotopic (exact) mass is 324 g/mol. The van der Waals surface area contributed by atoms with Crippen molar-refractivity contribution in [2.45, 2.75) is 37.4 Å². The smallest absolute Gasteiger partial charge is 0.244 e. The Labute approximate surface area is 127 Å². The first-order chi connectivity index (χ1) is 8.90. The summed E-state index contributed by atoms with van der Waals surface area (Å²) in [6, 6.07) is 0. The molecule has 2 rings (SSSR count). The summed E-state index contributed by atoms with van der Waals surface area (Å²) < 4.78 is 23.2. The van der Waals surface area contributed by atoms with Crippen LogP contribution in [0.3, 0.4) is 0 Å². The molecule has 2 saturated heterocycles. The van der Waals surface area contributed by atoms with Crippen LogP contribution in [0.4, 0.5) is 0 Å². The molecule has 0 aliphatic carbocycles. The Hall–Kier alpha value is -0.330. The highest BCUT2D eigenvalue weighted by Crippen LogP contribution is 2.32. The average Bonchev–Trinajstić information content (AvgIpc) is 2.86. The average molecular weight is 325 g/mol. The highest BCUT2D eigenvalue weighted by molar-refractivity contribution is 7.92. The molecule has 2 aliphatic rings. The number of carbonyl (C=O) groups is 1. The molecule has 0 aromatic carbocycles. The van der Waals surface area contributed by atoms with E-state index in [0.717, 1.165) is 19.4 Å². The van der Waals surface area contributed by atoms with Crippen LogP contribution in [0.1, 0.15) is 32.6 Å². The van der Waals surface area contributed by atoms with E-state index in [0.29, 0.717) is 38.4 Å². The fraction of sp³-hybridized carbons (Fsp3) is 0.923. The van der Waals surface area contributed by atoms with Crippen molar-refractivity contribution in [3.63, 3.8) is 0 Å². The Morgan fingerprint density at radius 1 is 1.35 bits per heavy atom. The summed E-state index contributed by atoms with van der Waals surface area (Å²) in [5.41, 5.74) is 0. The van der Waals surface area contributed by atoms with E-state index in [1.807, 2.05) is 0 Å². The third-order valence-corrected chi connectivity index (χ3v) is 6.66. The standard InChI is InChI=1S/C13H24N2O3S.ClH/c1-3-11-4-9-15(10-11)12(16)13(19(2,17)18)5-7-14-8-6-13;/h11,14H,3-10H2,1-2H3;1H. The van der Waals surface area contributed by atoms with Crippen LogP contribution in [0, 0.1) is 5.92 Å². The molecular weight excluding hydrogens is 300 g/mol. The van der Waals surface area contributed by atoms with Gasteiger partial charge in [0.05, 0.1) is 0 Å². The van der Waals surface area contributed by atoms with Gasteiger partial charge in [0, 0.05) is 19.3 Å². The Morgan fingerprint density at radius 3 is 2.40 bits per heavy atom. The number of halogens is 1. The maximum absolute atomic E-state index is 12.7. The van der Waals surface area contributed by atoms with Crippen molar-refractivity contribution in [2.75, 3.05) is 32.4 Å². The second kappa shape index (κ2) is 6.62. The third kappa shape index (κ3) is 3.12. The van der Waals surface area contributed by atoms with Crippen LogP contribution >= 0.6 is 12.4 Å². The number of nitrogens with zero attached hydrogens (tertiary/aromatic N) is 1. The van der Waals surface area contributed by atoms with Gasteiger partial charge in [-0.15, -0.1) is 12.4 Å². The van der Waals surface area contributed by atoms with Crippen LogP contribution < -0.4 is 5.32 Å². The van der Waals surface area contributed by atoms with Gasteiger partial charge in [-0.2, -0.15) is 0 Å². The quantitative estimate of drug-likeness (QED) is 0.835. The number of nitrogens with one attached hydrogen (secondary N) is 1. The van der Waals surface area contributed by atoms with E-state index in [4.69, 9.17) is 0 Å². The summed E-state index contributed by atoms with van der Waals surface area (Å²) in [6.45, 7) is 4.76. The summed E-state index contributed by atoms with van der Waals surface area (Å²) >= 11 is 0. The second-order valence-electron chi connectivity index (χ2n) is 5.83. The molecule has 0 saturated carbocycles. The molecule has 20 heavy (non-hydrogen) atoms. The van der Waals surface area contributed by atoms with Crippen molar-refractivity contribution in [2.24, 2.45) is 5.92 Å². The first-order valence-electron chi connectivity index (χ1n) is 7.10. The normalized spacial score (nSPS) is 26.1. The molecule has 0 aromatic heterocycles. The van der Waals surface area contributed by atoms with Gasteiger partial charge >= 0.3 is 0 Å². The number of sulfone groups is 1. The Bertz CT molecular complexity index is 447. The lowest BCUT2D eigenvalue weighted by atomic mass is 9.95. The minimum absolute atomic E-state index is 0. The lowest BCUT2D eigenvalue weighted by Crippen LogP contribution is -2.57. The van der Waals surface area contributed by atoms with Crippen molar-refractivity contribution < 1.29 is 13.2 Å². The van der Waals surface area contributed by atoms with Gasteiger partial charge in [-0.05, 0) is 38.3 Å². The van der Waals surface area contributed by atoms with Gasteiger partial charge in [0.25, 0.3) is 0 Å². The summed E-state index contributed by atoms with van der Waals surface area (Å²) in [6.07, 6.45) is 4.07. The number of hydrogen-bond donors (Lipinski definition) is 1. The van der Waals surface area contributed by atoms with Gasteiger partial charge < -0.3 is 10.2 Å². The van der Waals surface area contributed by atoms with E-state index < -0.39 is 14.6 Å². The van der Waals surface area contributed by atoms with Gasteiger partial charge in [-0.1, -0.05) is 13.3 Å². The molecule has 1 N–H and O–H groups in total. The van der Waals surface area contributed by atoms with Gasteiger partial charge in [0.2, 0.25) is 5.91 Å². The minimum atomic E-state index is -3.38. The number of rotatable bonds is 3. The number of amides is 1. The molecule has 2 heterocycles. The van der Waals surface area contributed by atoms with Gasteiger partial charge in [0.1, 0.15) is 0 Å². The van der Waals surface area contributed by atoms with E-state index in [-0.39, 0.29) is 18.3 Å². The molecule has 118 valence electrons. The molecule has 1 amide bonds. The molecule has 7 heteroatoms. The molecule has 1 unspecified atom stereocenters. The SMILES string of the molecule is CCC1CCN(C(=O)C2(S(C)(=O)=O)CCNCC2)C1.Cl. The molecule has 0 radical (unpaired) electrons.